The maximum Gasteiger partial charge on any atom is 0.247 e. The lowest BCUT2D eigenvalue weighted by molar-refractivity contribution is -0.138. The lowest BCUT2D eigenvalue weighted by Gasteiger charge is -2.53. The Balaban J connectivity index is 1.54. The summed E-state index contributed by atoms with van der Waals surface area (Å²) in [6, 6.07) is 8.36. The number of aromatic nitrogens is 1. The van der Waals surface area contributed by atoms with E-state index in [1.54, 1.807) is 0 Å². The summed E-state index contributed by atoms with van der Waals surface area (Å²) in [5, 5.41) is 2.14. The van der Waals surface area contributed by atoms with Crippen LogP contribution < -0.4 is 4.90 Å². The van der Waals surface area contributed by atoms with Gasteiger partial charge in [0.25, 0.3) is 0 Å². The third-order valence-electron chi connectivity index (χ3n) is 6.28. The van der Waals surface area contributed by atoms with E-state index < -0.39 is 0 Å². The minimum Gasteiger partial charge on any atom is -0.308 e. The molecule has 4 heterocycles. The first-order valence-corrected chi connectivity index (χ1v) is 11.6. The molecule has 0 atom stereocenters. The molecule has 1 spiro atoms. The van der Waals surface area contributed by atoms with Crippen molar-refractivity contribution in [3.63, 3.8) is 0 Å². The molecule has 0 bridgehead atoms. The Labute approximate surface area is 178 Å². The van der Waals surface area contributed by atoms with Crippen molar-refractivity contribution in [3.05, 3.63) is 46.4 Å². The highest BCUT2D eigenvalue weighted by molar-refractivity contribution is 7.09. The zero-order valence-electron chi connectivity index (χ0n) is 17.8. The van der Waals surface area contributed by atoms with Gasteiger partial charge in [0.15, 0.2) is 0 Å². The zero-order valence-corrected chi connectivity index (χ0v) is 18.6. The van der Waals surface area contributed by atoms with Gasteiger partial charge in [0.1, 0.15) is 5.54 Å². The number of amides is 1. The maximum absolute atomic E-state index is 13.8. The molecule has 2 aromatic heterocycles. The van der Waals surface area contributed by atoms with Gasteiger partial charge < -0.3 is 4.90 Å². The number of hydrogen-bond acceptors (Lipinski definition) is 5. The van der Waals surface area contributed by atoms with Gasteiger partial charge in [-0.15, -0.1) is 11.3 Å². The number of likely N-dealkylation sites (tertiary alicyclic amines) is 1. The van der Waals surface area contributed by atoms with Crippen molar-refractivity contribution in [1.82, 2.24) is 14.8 Å². The van der Waals surface area contributed by atoms with Gasteiger partial charge in [-0.05, 0) is 49.3 Å². The highest BCUT2D eigenvalue weighted by Gasteiger charge is 2.51. The second-order valence-corrected chi connectivity index (χ2v) is 9.87. The van der Waals surface area contributed by atoms with Crippen LogP contribution in [0.15, 0.2) is 35.8 Å². The second kappa shape index (κ2) is 8.54. The average Bonchev–Trinajstić information content (AvgIpc) is 3.21. The smallest absolute Gasteiger partial charge is 0.247 e. The predicted molar refractivity (Wildman–Crippen MR) is 119 cm³/mol. The summed E-state index contributed by atoms with van der Waals surface area (Å²) in [4.78, 5) is 26.7. The quantitative estimate of drug-likeness (QED) is 0.749. The summed E-state index contributed by atoms with van der Waals surface area (Å²) in [6.07, 6.45) is 3.66. The molecule has 0 aliphatic carbocycles. The molecule has 2 aliphatic rings. The SMILES string of the molecule is Cc1ccc(N2CCN(CC(C)C)C3(CCN(Cc4cccs4)CC3)C2=O)cn1. The zero-order chi connectivity index (χ0) is 20.4. The molecule has 156 valence electrons. The Morgan fingerprint density at radius 3 is 2.55 bits per heavy atom. The lowest BCUT2D eigenvalue weighted by Crippen LogP contribution is -2.69. The third kappa shape index (κ3) is 4.25. The molecule has 5 nitrogen and oxygen atoms in total. The normalized spacial score (nSPS) is 20.7. The van der Waals surface area contributed by atoms with Gasteiger partial charge in [0.2, 0.25) is 5.91 Å². The van der Waals surface area contributed by atoms with E-state index in [9.17, 15) is 4.79 Å². The van der Waals surface area contributed by atoms with Crippen LogP contribution in [0.4, 0.5) is 5.69 Å². The monoisotopic (exact) mass is 412 g/mol. The largest absolute Gasteiger partial charge is 0.308 e. The van der Waals surface area contributed by atoms with E-state index in [0.29, 0.717) is 5.92 Å². The van der Waals surface area contributed by atoms with Crippen LogP contribution in [-0.2, 0) is 11.3 Å². The topological polar surface area (TPSA) is 39.7 Å². The minimum atomic E-state index is -0.376. The van der Waals surface area contributed by atoms with Crippen molar-refractivity contribution >= 4 is 22.9 Å². The van der Waals surface area contributed by atoms with Crippen molar-refractivity contribution < 1.29 is 4.79 Å². The predicted octanol–water partition coefficient (Wildman–Crippen LogP) is 3.79. The Morgan fingerprint density at radius 2 is 1.93 bits per heavy atom. The van der Waals surface area contributed by atoms with Gasteiger partial charge in [0.05, 0.1) is 11.9 Å². The average molecular weight is 413 g/mol. The molecule has 2 aromatic rings. The van der Waals surface area contributed by atoms with Crippen LogP contribution in [-0.4, -0.2) is 59.0 Å². The molecule has 1 amide bonds. The fourth-order valence-corrected chi connectivity index (χ4v) is 5.48. The number of piperidine rings is 1. The summed E-state index contributed by atoms with van der Waals surface area (Å²) in [7, 11) is 0. The van der Waals surface area contributed by atoms with Crippen LogP contribution >= 0.6 is 11.3 Å². The number of carbonyl (C=O) groups excluding carboxylic acids is 1. The number of thiophene rings is 1. The van der Waals surface area contributed by atoms with Crippen LogP contribution in [0.3, 0.4) is 0 Å². The number of carbonyl (C=O) groups is 1. The summed E-state index contributed by atoms with van der Waals surface area (Å²) in [5.74, 6) is 0.822. The first kappa shape index (κ1) is 20.5. The third-order valence-corrected chi connectivity index (χ3v) is 7.14. The van der Waals surface area contributed by atoms with Crippen molar-refractivity contribution in [2.45, 2.75) is 45.7 Å². The Hall–Kier alpha value is -1.76. The maximum atomic E-state index is 13.8. The summed E-state index contributed by atoms with van der Waals surface area (Å²) < 4.78 is 0. The van der Waals surface area contributed by atoms with Gasteiger partial charge in [-0.2, -0.15) is 0 Å². The van der Waals surface area contributed by atoms with Crippen LogP contribution in [0.1, 0.15) is 37.3 Å². The lowest BCUT2D eigenvalue weighted by atomic mass is 9.81. The Kier molecular flexibility index (Phi) is 6.04. The highest BCUT2D eigenvalue weighted by atomic mass is 32.1. The van der Waals surface area contributed by atoms with E-state index in [4.69, 9.17) is 0 Å². The van der Waals surface area contributed by atoms with Gasteiger partial charge in [-0.3, -0.25) is 19.6 Å². The minimum absolute atomic E-state index is 0.269. The summed E-state index contributed by atoms with van der Waals surface area (Å²) >= 11 is 1.82. The van der Waals surface area contributed by atoms with Crippen LogP contribution in [0.5, 0.6) is 0 Å². The van der Waals surface area contributed by atoms with Crippen molar-refractivity contribution in [1.29, 1.82) is 0 Å². The van der Waals surface area contributed by atoms with E-state index >= 15 is 0 Å². The van der Waals surface area contributed by atoms with Gasteiger partial charge in [0, 0.05) is 49.8 Å². The van der Waals surface area contributed by atoms with Crippen LogP contribution in [0.2, 0.25) is 0 Å². The molecule has 0 radical (unpaired) electrons. The standard InChI is InChI=1S/C23H32N4OS/c1-18(2)16-26-12-13-27(20-7-6-19(3)24-15-20)22(28)23(26)8-10-25(11-9-23)17-21-5-4-14-29-21/h4-7,14-15,18H,8-13,16-17H2,1-3H3. The number of pyridine rings is 1. The first-order chi connectivity index (χ1) is 14.0. The molecule has 29 heavy (non-hydrogen) atoms. The molecule has 0 saturated carbocycles. The number of piperazine rings is 1. The van der Waals surface area contributed by atoms with Crippen molar-refractivity contribution in [3.8, 4) is 0 Å². The fraction of sp³-hybridized carbons (Fsp3) is 0.565. The van der Waals surface area contributed by atoms with E-state index in [-0.39, 0.29) is 11.4 Å². The van der Waals surface area contributed by atoms with Crippen LogP contribution in [0.25, 0.3) is 0 Å². The van der Waals surface area contributed by atoms with Gasteiger partial charge >= 0.3 is 0 Å². The molecule has 2 aliphatic heterocycles. The molecular formula is C23H32N4OS. The Bertz CT molecular complexity index is 810. The van der Waals surface area contributed by atoms with Gasteiger partial charge in [-0.1, -0.05) is 19.9 Å². The highest BCUT2D eigenvalue weighted by Crippen LogP contribution is 2.36. The number of rotatable bonds is 5. The molecule has 2 fully saturated rings. The fourth-order valence-electron chi connectivity index (χ4n) is 4.73. The molecule has 6 heteroatoms. The van der Waals surface area contributed by atoms with E-state index in [2.05, 4.69) is 46.1 Å². The van der Waals surface area contributed by atoms with Crippen molar-refractivity contribution in [2.24, 2.45) is 5.92 Å². The van der Waals surface area contributed by atoms with Crippen LogP contribution in [0, 0.1) is 12.8 Å². The molecule has 0 unspecified atom stereocenters. The molecule has 0 aromatic carbocycles. The first-order valence-electron chi connectivity index (χ1n) is 10.7. The summed E-state index contributed by atoms with van der Waals surface area (Å²) in [5.41, 5.74) is 1.54. The van der Waals surface area contributed by atoms with E-state index in [1.165, 1.54) is 4.88 Å². The van der Waals surface area contributed by atoms with E-state index in [1.807, 2.05) is 41.5 Å². The van der Waals surface area contributed by atoms with E-state index in [0.717, 1.165) is 63.5 Å². The van der Waals surface area contributed by atoms with Gasteiger partial charge in [-0.25, -0.2) is 0 Å². The molecular weight excluding hydrogens is 380 g/mol. The number of nitrogens with zero attached hydrogens (tertiary/aromatic N) is 4. The summed E-state index contributed by atoms with van der Waals surface area (Å²) in [6.45, 7) is 12.1. The number of hydrogen-bond donors (Lipinski definition) is 0. The number of aryl methyl sites for hydroxylation is 1. The van der Waals surface area contributed by atoms with Crippen molar-refractivity contribution in [2.75, 3.05) is 37.6 Å². The second-order valence-electron chi connectivity index (χ2n) is 8.84. The molecule has 2 saturated heterocycles. The molecule has 0 N–H and O–H groups in total. The number of anilines is 1. The molecule has 4 rings (SSSR count). The Morgan fingerprint density at radius 1 is 1.14 bits per heavy atom.